The molecule has 2 atom stereocenters. The van der Waals surface area contributed by atoms with Crippen LogP contribution in [-0.4, -0.2) is 38.0 Å². The number of carbonyl (C=O) groups excluding carboxylic acids is 1. The Morgan fingerprint density at radius 3 is 2.71 bits per heavy atom. The molecule has 2 N–H and O–H groups in total. The lowest BCUT2D eigenvalue weighted by molar-refractivity contribution is -0.173. The molecule has 11 heteroatoms. The van der Waals surface area contributed by atoms with E-state index in [1.54, 1.807) is 18.7 Å². The number of fused-ring (bicyclic) bond motifs is 1. The number of rotatable bonds is 6. The van der Waals surface area contributed by atoms with Gasteiger partial charge in [0.25, 0.3) is 5.91 Å². The van der Waals surface area contributed by atoms with Crippen LogP contribution in [0.4, 0.5) is 23.4 Å². The van der Waals surface area contributed by atoms with Crippen LogP contribution in [0.5, 0.6) is 0 Å². The number of alkyl halides is 3. The van der Waals surface area contributed by atoms with E-state index in [1.807, 2.05) is 4.57 Å². The van der Waals surface area contributed by atoms with Crippen molar-refractivity contribution in [3.63, 3.8) is 0 Å². The number of carbonyl (C=O) groups is 1. The van der Waals surface area contributed by atoms with Crippen LogP contribution in [0.15, 0.2) is 49.2 Å². The van der Waals surface area contributed by atoms with Gasteiger partial charge in [-0.1, -0.05) is 12.1 Å². The minimum atomic E-state index is -4.56. The summed E-state index contributed by atoms with van der Waals surface area (Å²) in [5.74, 6) is -0.997. The molecule has 0 fully saturated rings. The molecule has 0 bridgehead atoms. The molecule has 0 saturated carbocycles. The molecule has 0 aliphatic carbocycles. The predicted octanol–water partition coefficient (Wildman–Crippen LogP) is 3.70. The number of aryl methyl sites for hydroxylation is 1. The van der Waals surface area contributed by atoms with E-state index >= 15 is 0 Å². The van der Waals surface area contributed by atoms with E-state index in [2.05, 4.69) is 20.7 Å². The molecule has 1 aromatic carbocycles. The summed E-state index contributed by atoms with van der Waals surface area (Å²) in [6, 6.07) is 2.61. The average molecular weight is 436 g/mol. The van der Waals surface area contributed by atoms with Crippen LogP contribution in [0.25, 0.3) is 0 Å². The molecule has 1 aliphatic heterocycles. The van der Waals surface area contributed by atoms with Crippen molar-refractivity contribution in [2.24, 2.45) is 0 Å². The van der Waals surface area contributed by atoms with E-state index < -0.39 is 30.0 Å². The van der Waals surface area contributed by atoms with Gasteiger partial charge < -0.3 is 15.2 Å². The normalized spacial score (nSPS) is 18.3. The number of nitrogens with one attached hydrogen (secondary N) is 2. The number of imidazole rings is 1. The number of benzene rings is 1. The SMILES string of the molecule is O=C(NCCCn1ccnc1)c1cnn2c1N[C@@H](c1ccc(F)cc1)C[C@@H]2C(F)(F)F. The Morgan fingerprint density at radius 2 is 2.03 bits per heavy atom. The Morgan fingerprint density at radius 1 is 1.26 bits per heavy atom. The largest absolute Gasteiger partial charge is 0.410 e. The molecule has 0 unspecified atom stereocenters. The van der Waals surface area contributed by atoms with Gasteiger partial charge in [-0.05, 0) is 24.1 Å². The number of amides is 1. The van der Waals surface area contributed by atoms with Gasteiger partial charge in [-0.15, -0.1) is 0 Å². The van der Waals surface area contributed by atoms with E-state index in [9.17, 15) is 22.4 Å². The maximum absolute atomic E-state index is 13.7. The molecule has 2 aromatic heterocycles. The molecular formula is C20H20F4N6O. The first kappa shape index (κ1) is 20.9. The van der Waals surface area contributed by atoms with Crippen molar-refractivity contribution in [1.82, 2.24) is 24.6 Å². The van der Waals surface area contributed by atoms with Gasteiger partial charge in [-0.2, -0.15) is 18.3 Å². The highest BCUT2D eigenvalue weighted by atomic mass is 19.4. The van der Waals surface area contributed by atoms with E-state index in [1.165, 1.54) is 24.3 Å². The topological polar surface area (TPSA) is 76.8 Å². The lowest BCUT2D eigenvalue weighted by Gasteiger charge is -2.34. The fourth-order valence-corrected chi connectivity index (χ4v) is 3.62. The third kappa shape index (κ3) is 4.54. The zero-order valence-corrected chi connectivity index (χ0v) is 16.3. The third-order valence-electron chi connectivity index (χ3n) is 5.19. The Balaban J connectivity index is 1.51. The van der Waals surface area contributed by atoms with Crippen molar-refractivity contribution in [3.8, 4) is 0 Å². The van der Waals surface area contributed by atoms with Crippen molar-refractivity contribution in [2.45, 2.75) is 37.6 Å². The van der Waals surface area contributed by atoms with Gasteiger partial charge in [-0.25, -0.2) is 14.1 Å². The van der Waals surface area contributed by atoms with Crippen LogP contribution in [0.2, 0.25) is 0 Å². The van der Waals surface area contributed by atoms with Crippen LogP contribution >= 0.6 is 0 Å². The van der Waals surface area contributed by atoms with Gasteiger partial charge >= 0.3 is 6.18 Å². The van der Waals surface area contributed by atoms with E-state index in [0.717, 1.165) is 10.9 Å². The van der Waals surface area contributed by atoms with Gasteiger partial charge in [0.15, 0.2) is 6.04 Å². The quantitative estimate of drug-likeness (QED) is 0.456. The Hall–Kier alpha value is -3.37. The summed E-state index contributed by atoms with van der Waals surface area (Å²) >= 11 is 0. The van der Waals surface area contributed by atoms with Crippen LogP contribution in [0.1, 0.15) is 40.8 Å². The van der Waals surface area contributed by atoms with E-state index in [0.29, 0.717) is 25.1 Å². The van der Waals surface area contributed by atoms with Crippen LogP contribution < -0.4 is 10.6 Å². The molecule has 3 heterocycles. The fraction of sp³-hybridized carbons (Fsp3) is 0.350. The molecule has 0 saturated heterocycles. The van der Waals surface area contributed by atoms with Crippen LogP contribution in [0.3, 0.4) is 0 Å². The third-order valence-corrected chi connectivity index (χ3v) is 5.19. The highest BCUT2D eigenvalue weighted by molar-refractivity contribution is 5.98. The summed E-state index contributed by atoms with van der Waals surface area (Å²) in [4.78, 5) is 16.6. The number of nitrogens with zero attached hydrogens (tertiary/aromatic N) is 4. The molecular weight excluding hydrogens is 416 g/mol. The van der Waals surface area contributed by atoms with E-state index in [-0.39, 0.29) is 17.8 Å². The fourth-order valence-electron chi connectivity index (χ4n) is 3.62. The molecule has 0 spiro atoms. The highest BCUT2D eigenvalue weighted by Gasteiger charge is 2.47. The zero-order chi connectivity index (χ0) is 22.0. The number of hydrogen-bond acceptors (Lipinski definition) is 4. The van der Waals surface area contributed by atoms with E-state index in [4.69, 9.17) is 0 Å². The number of anilines is 1. The Kier molecular flexibility index (Phi) is 5.66. The maximum atomic E-state index is 13.7. The van der Waals surface area contributed by atoms with Gasteiger partial charge in [0.05, 0.1) is 18.6 Å². The highest BCUT2D eigenvalue weighted by Crippen LogP contribution is 2.44. The minimum absolute atomic E-state index is 0.00462. The zero-order valence-electron chi connectivity index (χ0n) is 16.3. The number of hydrogen-bond donors (Lipinski definition) is 2. The molecule has 1 aliphatic rings. The van der Waals surface area contributed by atoms with Crippen molar-refractivity contribution >= 4 is 11.7 Å². The Labute approximate surface area is 175 Å². The first-order valence-electron chi connectivity index (χ1n) is 9.73. The van der Waals surface area contributed by atoms with Crippen molar-refractivity contribution in [2.75, 3.05) is 11.9 Å². The standard InChI is InChI=1S/C20H20F4N6O/c21-14-4-2-13(3-5-14)16-10-17(20(22,23)24)30-18(28-16)15(11-27-30)19(31)26-6-1-8-29-9-7-25-12-29/h2-5,7,9,11-12,16-17,28H,1,6,8,10H2,(H,26,31)/t16-,17-/m1/s1. The average Bonchev–Trinajstić information content (AvgIpc) is 3.40. The van der Waals surface area contributed by atoms with Crippen LogP contribution in [0, 0.1) is 5.82 Å². The van der Waals surface area contributed by atoms with Gasteiger partial charge in [0, 0.05) is 31.9 Å². The maximum Gasteiger partial charge on any atom is 0.410 e. The summed E-state index contributed by atoms with van der Waals surface area (Å²) in [7, 11) is 0. The summed E-state index contributed by atoms with van der Waals surface area (Å²) in [5.41, 5.74) is 0.526. The van der Waals surface area contributed by atoms with Crippen molar-refractivity contribution in [1.29, 1.82) is 0 Å². The Bertz CT molecular complexity index is 1030. The first-order chi connectivity index (χ1) is 14.8. The van der Waals surface area contributed by atoms with Crippen molar-refractivity contribution < 1.29 is 22.4 Å². The molecule has 1 amide bonds. The molecule has 4 rings (SSSR count). The molecule has 0 radical (unpaired) electrons. The molecule has 7 nitrogen and oxygen atoms in total. The summed E-state index contributed by atoms with van der Waals surface area (Å²) in [6.07, 6.45) is 1.99. The van der Waals surface area contributed by atoms with Gasteiger partial charge in [0.2, 0.25) is 0 Å². The summed E-state index contributed by atoms with van der Waals surface area (Å²) in [6.45, 7) is 0.985. The molecule has 3 aromatic rings. The van der Waals surface area contributed by atoms with Gasteiger partial charge in [0.1, 0.15) is 17.2 Å². The summed E-state index contributed by atoms with van der Waals surface area (Å²) in [5, 5.41) is 9.54. The summed E-state index contributed by atoms with van der Waals surface area (Å²) < 4.78 is 57.0. The number of halogens is 4. The monoisotopic (exact) mass is 436 g/mol. The lowest BCUT2D eigenvalue weighted by Crippen LogP contribution is -2.36. The second-order valence-electron chi connectivity index (χ2n) is 7.30. The minimum Gasteiger partial charge on any atom is -0.363 e. The predicted molar refractivity (Wildman–Crippen MR) is 104 cm³/mol. The smallest absolute Gasteiger partial charge is 0.363 e. The molecule has 164 valence electrons. The van der Waals surface area contributed by atoms with Gasteiger partial charge in [-0.3, -0.25) is 4.79 Å². The second kappa shape index (κ2) is 8.40. The van der Waals surface area contributed by atoms with Crippen molar-refractivity contribution in [3.05, 3.63) is 66.1 Å². The molecule has 31 heavy (non-hydrogen) atoms. The lowest BCUT2D eigenvalue weighted by atomic mass is 9.96. The first-order valence-corrected chi connectivity index (χ1v) is 9.73. The number of aromatic nitrogens is 4. The second-order valence-corrected chi connectivity index (χ2v) is 7.30. The van der Waals surface area contributed by atoms with Crippen LogP contribution in [-0.2, 0) is 6.54 Å².